The van der Waals surface area contributed by atoms with Gasteiger partial charge in [0, 0.05) is 34.7 Å². The minimum absolute atomic E-state index is 1.01. The van der Waals surface area contributed by atoms with Crippen LogP contribution in [0.15, 0.2) is 60.9 Å². The third-order valence-corrected chi connectivity index (χ3v) is 5.50. The summed E-state index contributed by atoms with van der Waals surface area (Å²) in [5.74, 6) is 0. The van der Waals surface area contributed by atoms with Gasteiger partial charge in [-0.05, 0) is 55.5 Å². The maximum atomic E-state index is 4.52. The number of nitrogens with one attached hydrogen (secondary N) is 3. The largest absolute Gasteiger partial charge is 0.361 e. The number of rotatable bonds is 3. The fourth-order valence-corrected chi connectivity index (χ4v) is 4.24. The van der Waals surface area contributed by atoms with E-state index in [9.17, 15) is 0 Å². The summed E-state index contributed by atoms with van der Waals surface area (Å²) in [5, 5.41) is 4.77. The van der Waals surface area contributed by atoms with Crippen LogP contribution in [-0.2, 0) is 0 Å². The van der Waals surface area contributed by atoms with Crippen molar-refractivity contribution in [3.63, 3.8) is 0 Å². The zero-order valence-corrected chi connectivity index (χ0v) is 14.4. The highest BCUT2D eigenvalue weighted by atomic mass is 32.1. The number of anilines is 2. The zero-order chi connectivity index (χ0) is 16.8. The van der Waals surface area contributed by atoms with Crippen molar-refractivity contribution in [3.8, 4) is 10.6 Å². The molecule has 5 aromatic rings. The molecule has 122 valence electrons. The van der Waals surface area contributed by atoms with Crippen LogP contribution in [0.3, 0.4) is 0 Å². The summed E-state index contributed by atoms with van der Waals surface area (Å²) in [6, 6.07) is 16.8. The predicted octanol–water partition coefficient (Wildman–Crippen LogP) is 5.82. The van der Waals surface area contributed by atoms with Crippen molar-refractivity contribution >= 4 is 43.8 Å². The minimum atomic E-state index is 1.01. The molecule has 1 aromatic carbocycles. The van der Waals surface area contributed by atoms with Crippen molar-refractivity contribution in [1.29, 1.82) is 0 Å². The first-order valence-electron chi connectivity index (χ1n) is 8.15. The Morgan fingerprint density at radius 3 is 2.92 bits per heavy atom. The molecular weight excluding hydrogens is 328 g/mol. The van der Waals surface area contributed by atoms with Gasteiger partial charge < -0.3 is 15.3 Å². The molecule has 0 atom stereocenters. The molecule has 0 amide bonds. The summed E-state index contributed by atoms with van der Waals surface area (Å²) >= 11 is 1.75. The van der Waals surface area contributed by atoms with Crippen LogP contribution in [0, 0.1) is 6.92 Å². The lowest BCUT2D eigenvalue weighted by atomic mass is 10.2. The molecule has 0 aliphatic carbocycles. The Bertz CT molecular complexity index is 1180. The Balaban J connectivity index is 1.57. The fourth-order valence-electron chi connectivity index (χ4n) is 3.16. The molecule has 4 nitrogen and oxygen atoms in total. The van der Waals surface area contributed by atoms with E-state index in [0.717, 1.165) is 32.8 Å². The summed E-state index contributed by atoms with van der Waals surface area (Å²) in [4.78, 5) is 12.3. The highest BCUT2D eigenvalue weighted by molar-refractivity contribution is 7.22. The summed E-state index contributed by atoms with van der Waals surface area (Å²) in [7, 11) is 0. The van der Waals surface area contributed by atoms with Crippen LogP contribution in [-0.4, -0.2) is 15.0 Å². The number of fused-ring (bicyclic) bond motifs is 2. The molecule has 4 heterocycles. The SMILES string of the molecule is Cc1cc2cc(Nc3ccnc4cc(-c5ccc[nH]5)sc34)ccc2[nH]1. The van der Waals surface area contributed by atoms with Crippen molar-refractivity contribution in [2.24, 2.45) is 0 Å². The molecule has 0 aliphatic heterocycles. The lowest BCUT2D eigenvalue weighted by Crippen LogP contribution is -1.90. The molecule has 0 bridgehead atoms. The Hall–Kier alpha value is -3.05. The molecule has 0 radical (unpaired) electrons. The molecular formula is C20H16N4S. The van der Waals surface area contributed by atoms with Crippen molar-refractivity contribution in [3.05, 3.63) is 66.6 Å². The Kier molecular flexibility index (Phi) is 3.15. The second-order valence-electron chi connectivity index (χ2n) is 6.15. The Labute approximate surface area is 148 Å². The second-order valence-corrected chi connectivity index (χ2v) is 7.20. The zero-order valence-electron chi connectivity index (χ0n) is 13.6. The van der Waals surface area contributed by atoms with Gasteiger partial charge in [0.25, 0.3) is 0 Å². The quantitative estimate of drug-likeness (QED) is 0.386. The molecule has 25 heavy (non-hydrogen) atoms. The van der Waals surface area contributed by atoms with E-state index < -0.39 is 0 Å². The number of aromatic amines is 2. The van der Waals surface area contributed by atoms with Crippen LogP contribution in [0.25, 0.3) is 31.7 Å². The molecule has 4 aromatic heterocycles. The maximum absolute atomic E-state index is 4.52. The van der Waals surface area contributed by atoms with Crippen LogP contribution in [0.1, 0.15) is 5.69 Å². The average Bonchev–Trinajstić information content (AvgIpc) is 3.32. The first kappa shape index (κ1) is 14.3. The van der Waals surface area contributed by atoms with Gasteiger partial charge in [-0.1, -0.05) is 0 Å². The van der Waals surface area contributed by atoms with Crippen molar-refractivity contribution in [2.45, 2.75) is 6.92 Å². The van der Waals surface area contributed by atoms with Gasteiger partial charge in [0.05, 0.1) is 26.5 Å². The smallest absolute Gasteiger partial charge is 0.0837 e. The van der Waals surface area contributed by atoms with Crippen LogP contribution < -0.4 is 5.32 Å². The highest BCUT2D eigenvalue weighted by Crippen LogP contribution is 2.37. The maximum Gasteiger partial charge on any atom is 0.0837 e. The third-order valence-electron chi connectivity index (χ3n) is 4.31. The molecule has 3 N–H and O–H groups in total. The molecule has 5 rings (SSSR count). The summed E-state index contributed by atoms with van der Waals surface area (Å²) < 4.78 is 1.16. The minimum Gasteiger partial charge on any atom is -0.361 e. The number of H-pyrrole nitrogens is 2. The van der Waals surface area contributed by atoms with Gasteiger partial charge in [0.15, 0.2) is 0 Å². The van der Waals surface area contributed by atoms with E-state index in [2.05, 4.69) is 63.6 Å². The molecule has 0 saturated carbocycles. The lowest BCUT2D eigenvalue weighted by molar-refractivity contribution is 1.30. The van der Waals surface area contributed by atoms with Gasteiger partial charge in [-0.3, -0.25) is 4.98 Å². The molecule has 0 unspecified atom stereocenters. The van der Waals surface area contributed by atoms with Gasteiger partial charge >= 0.3 is 0 Å². The molecule has 0 fully saturated rings. The summed E-state index contributed by atoms with van der Waals surface area (Å²) in [6.07, 6.45) is 3.80. The van der Waals surface area contributed by atoms with Crippen molar-refractivity contribution in [2.75, 3.05) is 5.32 Å². The summed E-state index contributed by atoms with van der Waals surface area (Å²) in [6.45, 7) is 2.08. The van der Waals surface area contributed by atoms with E-state index in [-0.39, 0.29) is 0 Å². The monoisotopic (exact) mass is 344 g/mol. The van der Waals surface area contributed by atoms with Crippen molar-refractivity contribution in [1.82, 2.24) is 15.0 Å². The van der Waals surface area contributed by atoms with Crippen LogP contribution in [0.2, 0.25) is 0 Å². The van der Waals surface area contributed by atoms with Crippen molar-refractivity contribution < 1.29 is 0 Å². The predicted molar refractivity (Wildman–Crippen MR) is 106 cm³/mol. The van der Waals surface area contributed by atoms with Gasteiger partial charge in [-0.2, -0.15) is 0 Å². The highest BCUT2D eigenvalue weighted by Gasteiger charge is 2.10. The van der Waals surface area contributed by atoms with Crippen LogP contribution in [0.4, 0.5) is 11.4 Å². The molecule has 0 spiro atoms. The van der Waals surface area contributed by atoms with E-state index in [1.807, 2.05) is 24.5 Å². The summed E-state index contributed by atoms with van der Waals surface area (Å²) in [5.41, 5.74) is 6.63. The van der Waals surface area contributed by atoms with Gasteiger partial charge in [0.2, 0.25) is 0 Å². The van der Waals surface area contributed by atoms with E-state index in [4.69, 9.17) is 0 Å². The first-order chi connectivity index (χ1) is 12.3. The molecule has 0 aliphatic rings. The normalized spacial score (nSPS) is 11.4. The van der Waals surface area contributed by atoms with Gasteiger partial charge in [0.1, 0.15) is 0 Å². The second kappa shape index (κ2) is 5.50. The Morgan fingerprint density at radius 1 is 1.08 bits per heavy atom. The molecule has 0 saturated heterocycles. The average molecular weight is 344 g/mol. The fraction of sp³-hybridized carbons (Fsp3) is 0.0500. The first-order valence-corrected chi connectivity index (χ1v) is 8.97. The topological polar surface area (TPSA) is 56.5 Å². The van der Waals surface area contributed by atoms with Gasteiger partial charge in [-0.25, -0.2) is 0 Å². The van der Waals surface area contributed by atoms with E-state index >= 15 is 0 Å². The number of hydrogen-bond donors (Lipinski definition) is 3. The number of aryl methyl sites for hydroxylation is 1. The molecule has 5 heteroatoms. The number of benzene rings is 1. The van der Waals surface area contributed by atoms with E-state index in [1.54, 1.807) is 11.3 Å². The lowest BCUT2D eigenvalue weighted by Gasteiger charge is -2.07. The number of hydrogen-bond acceptors (Lipinski definition) is 3. The van der Waals surface area contributed by atoms with Crippen LogP contribution >= 0.6 is 11.3 Å². The number of pyridine rings is 1. The number of thiophene rings is 1. The Morgan fingerprint density at radius 2 is 2.04 bits per heavy atom. The van der Waals surface area contributed by atoms with E-state index in [0.29, 0.717) is 0 Å². The third kappa shape index (κ3) is 2.49. The number of nitrogens with zero attached hydrogens (tertiary/aromatic N) is 1. The van der Waals surface area contributed by atoms with Gasteiger partial charge in [-0.15, -0.1) is 11.3 Å². The number of aromatic nitrogens is 3. The van der Waals surface area contributed by atoms with E-state index in [1.165, 1.54) is 16.0 Å². The standard InChI is InChI=1S/C20H16N4S/c1-12-9-13-10-14(4-5-15(13)23-12)24-17-6-8-22-18-11-19(25-20(17)18)16-3-2-7-21-16/h2-11,21,23H,1H3,(H,22,24). The van der Waals surface area contributed by atoms with Crippen LogP contribution in [0.5, 0.6) is 0 Å².